The van der Waals surface area contributed by atoms with E-state index >= 15 is 9.59 Å². The molecule has 3 rings (SSSR count). The summed E-state index contributed by atoms with van der Waals surface area (Å²) in [4.78, 5) is 168. The maximum absolute atomic E-state index is 15.2. The fourth-order valence-electron chi connectivity index (χ4n) is 11.0. The van der Waals surface area contributed by atoms with E-state index in [9.17, 15) is 43.2 Å². The van der Waals surface area contributed by atoms with Crippen molar-refractivity contribution >= 4 is 65.1 Å². The number of nitrogens with zero attached hydrogens (tertiary/aromatic N) is 6. The first-order valence-corrected chi connectivity index (χ1v) is 29.6. The third kappa shape index (κ3) is 18.3. The Morgan fingerprint density at radius 3 is 1.68 bits per heavy atom. The van der Waals surface area contributed by atoms with Gasteiger partial charge in [0.15, 0.2) is 6.10 Å². The second-order valence-electron chi connectivity index (χ2n) is 24.8. The number of hydrogen-bond donors (Lipinski definition) is 3. The quantitative estimate of drug-likeness (QED) is 0.253. The highest BCUT2D eigenvalue weighted by molar-refractivity contribution is 5.99. The number of amides is 9. The molecule has 23 heteroatoms. The number of carbonyl (C=O) groups excluding carboxylic acids is 11. The van der Waals surface area contributed by atoms with Crippen LogP contribution in [0.2, 0.25) is 0 Å². The van der Waals surface area contributed by atoms with E-state index in [0.717, 1.165) is 9.80 Å². The van der Waals surface area contributed by atoms with Gasteiger partial charge in [-0.05, 0) is 94.2 Å². The van der Waals surface area contributed by atoms with Crippen LogP contribution in [0.4, 0.5) is 0 Å². The van der Waals surface area contributed by atoms with Crippen LogP contribution in [0.3, 0.4) is 0 Å². The molecule has 0 bridgehead atoms. The van der Waals surface area contributed by atoms with Crippen LogP contribution >= 0.6 is 0 Å². The first-order chi connectivity index (χ1) is 39.1. The van der Waals surface area contributed by atoms with E-state index in [1.807, 2.05) is 13.8 Å². The van der Waals surface area contributed by atoms with Gasteiger partial charge in [0.25, 0.3) is 5.91 Å². The van der Waals surface area contributed by atoms with Crippen LogP contribution in [0.5, 0.6) is 5.75 Å². The molecule has 2 aliphatic heterocycles. The number of rotatable bonds is 12. The van der Waals surface area contributed by atoms with Gasteiger partial charge in [0.05, 0.1) is 20.1 Å². The number of hydrogen-bond acceptors (Lipinski definition) is 14. The Bertz CT molecular complexity index is 2500. The van der Waals surface area contributed by atoms with Gasteiger partial charge in [-0.3, -0.25) is 47.9 Å². The van der Waals surface area contributed by atoms with Gasteiger partial charge in [-0.2, -0.15) is 0 Å². The average molecular weight is 1180 g/mol. The van der Waals surface area contributed by atoms with Crippen LogP contribution in [-0.2, 0) is 68.6 Å². The third-order valence-corrected chi connectivity index (χ3v) is 16.2. The first kappa shape index (κ1) is 71.5. The van der Waals surface area contributed by atoms with Gasteiger partial charge in [0.1, 0.15) is 59.7 Å². The van der Waals surface area contributed by atoms with Gasteiger partial charge in [-0.1, -0.05) is 94.2 Å². The lowest BCUT2D eigenvalue weighted by Gasteiger charge is -2.41. The molecule has 0 saturated carbocycles. The van der Waals surface area contributed by atoms with Gasteiger partial charge in [-0.25, -0.2) is 4.79 Å². The monoisotopic (exact) mass is 1180 g/mol. The lowest BCUT2D eigenvalue weighted by atomic mass is 9.92. The molecule has 11 atom stereocenters. The van der Waals surface area contributed by atoms with Crippen molar-refractivity contribution in [2.24, 2.45) is 29.6 Å². The number of likely N-dealkylation sites (N-methyl/N-ethyl adjacent to an activating group) is 5. The predicted octanol–water partition coefficient (Wildman–Crippen LogP) is 3.58. The number of ether oxygens (including phenoxy) is 3. The van der Waals surface area contributed by atoms with Crippen molar-refractivity contribution in [1.29, 1.82) is 0 Å². The van der Waals surface area contributed by atoms with E-state index in [1.165, 1.54) is 68.9 Å². The van der Waals surface area contributed by atoms with Crippen molar-refractivity contribution in [2.45, 2.75) is 202 Å². The number of piperidine rings is 1. The summed E-state index contributed by atoms with van der Waals surface area (Å²) in [5.74, 6) is -10.4. The lowest BCUT2D eigenvalue weighted by Crippen LogP contribution is -2.63. The largest absolute Gasteiger partial charge is 0.497 e. The Hall–Kier alpha value is -6.81. The lowest BCUT2D eigenvalue weighted by molar-refractivity contribution is -0.165. The minimum Gasteiger partial charge on any atom is -0.497 e. The highest BCUT2D eigenvalue weighted by Crippen LogP contribution is 2.27. The van der Waals surface area contributed by atoms with E-state index in [4.69, 9.17) is 14.2 Å². The van der Waals surface area contributed by atoms with Crippen molar-refractivity contribution in [3.05, 3.63) is 29.8 Å². The molecule has 2 saturated heterocycles. The Balaban J connectivity index is 2.31. The molecule has 1 aromatic rings. The molecule has 2 fully saturated rings. The van der Waals surface area contributed by atoms with E-state index in [-0.39, 0.29) is 19.4 Å². The number of carbonyl (C=O) groups is 11. The molecule has 23 nitrogen and oxygen atoms in total. The molecular weight excluding hydrogens is 1080 g/mol. The first-order valence-electron chi connectivity index (χ1n) is 29.6. The molecule has 472 valence electrons. The molecule has 1 aromatic carbocycles. The molecule has 0 aliphatic carbocycles. The highest BCUT2D eigenvalue weighted by atomic mass is 16.6. The number of fused-ring (bicyclic) bond motifs is 1. The number of cyclic esters (lactones) is 1. The molecule has 0 aromatic heterocycles. The van der Waals surface area contributed by atoms with Crippen LogP contribution in [0, 0.1) is 29.6 Å². The Morgan fingerprint density at radius 1 is 0.631 bits per heavy atom. The summed E-state index contributed by atoms with van der Waals surface area (Å²) in [6.07, 6.45) is -0.194. The maximum atomic E-state index is 15.2. The fourth-order valence-corrected chi connectivity index (χ4v) is 11.0. The second kappa shape index (κ2) is 31.4. The molecule has 84 heavy (non-hydrogen) atoms. The number of benzene rings is 1. The predicted molar refractivity (Wildman–Crippen MR) is 315 cm³/mol. The van der Waals surface area contributed by atoms with E-state index in [1.54, 1.807) is 100 Å². The van der Waals surface area contributed by atoms with Crippen molar-refractivity contribution < 1.29 is 67.0 Å². The zero-order valence-electron chi connectivity index (χ0n) is 53.7. The molecule has 2 heterocycles. The Morgan fingerprint density at radius 2 is 1.15 bits per heavy atom. The summed E-state index contributed by atoms with van der Waals surface area (Å²) in [5.41, 5.74) is -0.414. The summed E-state index contributed by atoms with van der Waals surface area (Å²) in [6, 6.07) is -3.55. The van der Waals surface area contributed by atoms with E-state index in [0.29, 0.717) is 37.0 Å². The van der Waals surface area contributed by atoms with Crippen molar-refractivity contribution in [3.63, 3.8) is 0 Å². The molecule has 0 radical (unpaired) electrons. The van der Waals surface area contributed by atoms with Crippen molar-refractivity contribution in [2.75, 3.05) is 55.4 Å². The number of methoxy groups -OCH3 is 1. The molecule has 3 N–H and O–H groups in total. The van der Waals surface area contributed by atoms with Crippen LogP contribution < -0.4 is 20.7 Å². The van der Waals surface area contributed by atoms with E-state index < -0.39 is 168 Å². The zero-order valence-corrected chi connectivity index (χ0v) is 53.7. The summed E-state index contributed by atoms with van der Waals surface area (Å²) < 4.78 is 16.9. The minimum absolute atomic E-state index is 0.112. The van der Waals surface area contributed by atoms with Crippen LogP contribution in [0.25, 0.3) is 0 Å². The zero-order chi connectivity index (χ0) is 64.0. The van der Waals surface area contributed by atoms with Gasteiger partial charge < -0.3 is 59.6 Å². The SMILES string of the molecule is CCC(C)C1C(=O)N(C)[C@@H](C(C)CC)C(=O)NCC(=O)N(C)[C@@H](C(C)C)C(=O)N[C@@H](Cc2ccc(OC)cc2)C(=O)O[C@@H](C)C(=O)N2CCCC[C@H]2C(=O)N(C)[C@@H](C(C)C)C(=O)N[C@@H](C(C)C)C(=O)N(C)[C@@H](CC(=O)OC(C)(C)C)C(=O)N1C. The fraction of sp³-hybridized carbons (Fsp3) is 0.721. The minimum atomic E-state index is -1.59. The molecule has 0 spiro atoms. The van der Waals surface area contributed by atoms with Crippen LogP contribution in [-0.4, -0.2) is 210 Å². The molecule has 3 unspecified atom stereocenters. The summed E-state index contributed by atoms with van der Waals surface area (Å²) in [7, 11) is 8.45. The topological polar surface area (TPSA) is 271 Å². The van der Waals surface area contributed by atoms with Crippen LogP contribution in [0.1, 0.15) is 141 Å². The highest BCUT2D eigenvalue weighted by Gasteiger charge is 2.46. The molecular formula is C61H99N9O14. The van der Waals surface area contributed by atoms with Gasteiger partial charge in [0.2, 0.25) is 47.3 Å². The maximum Gasteiger partial charge on any atom is 0.329 e. The summed E-state index contributed by atoms with van der Waals surface area (Å²) in [6.45, 7) is 23.2. The third-order valence-electron chi connectivity index (χ3n) is 16.2. The van der Waals surface area contributed by atoms with Crippen molar-refractivity contribution in [3.8, 4) is 5.75 Å². The smallest absolute Gasteiger partial charge is 0.329 e. The van der Waals surface area contributed by atoms with Gasteiger partial charge >= 0.3 is 11.9 Å². The molecule has 2 aliphatic rings. The number of nitrogens with one attached hydrogen (secondary N) is 3. The number of esters is 2. The van der Waals surface area contributed by atoms with E-state index in [2.05, 4.69) is 16.0 Å². The van der Waals surface area contributed by atoms with Crippen LogP contribution in [0.15, 0.2) is 24.3 Å². The average Bonchev–Trinajstić information content (AvgIpc) is 3.49. The van der Waals surface area contributed by atoms with Gasteiger partial charge in [0, 0.05) is 48.2 Å². The molecule has 9 amide bonds. The normalized spacial score (nSPS) is 26.2. The standard InChI is InChI=1S/C61H99N9O14/c1-21-37(9)50-52(73)62-33-45(71)66(16)48(35(5)6)53(74)63-42(31-40-26-28-41(82-20)29-27-40)60(81)83-39(11)55(76)70-30-24-23-25-43(70)56(77)67(17)49(36(7)8)54(75)64-47(34(3)4)58(79)65(15)44(32-46(72)84-61(12,13)14)57(78)69(19)51(38(10)22-2)59(80)68(50)18/h26-29,34-39,42-44,47-51H,21-25,30-33H2,1-20H3,(H,62,73)(H,63,74)(H,64,75)/t37?,38?,39-,42-,43-,44-,47-,48-,49-,50-,51?/m0/s1. The summed E-state index contributed by atoms with van der Waals surface area (Å²) in [5, 5.41) is 8.30. The van der Waals surface area contributed by atoms with Gasteiger partial charge in [-0.15, -0.1) is 0 Å². The Kier molecular flexibility index (Phi) is 26.7. The summed E-state index contributed by atoms with van der Waals surface area (Å²) >= 11 is 0. The Labute approximate surface area is 498 Å². The second-order valence-corrected chi connectivity index (χ2v) is 24.8. The van der Waals surface area contributed by atoms with Crippen molar-refractivity contribution in [1.82, 2.24) is 45.3 Å².